The molecule has 0 bridgehead atoms. The van der Waals surface area contributed by atoms with Gasteiger partial charge >= 0.3 is 308 Å². The molecule has 0 heterocycles. The van der Waals surface area contributed by atoms with Gasteiger partial charge in [-0.3, -0.25) is 0 Å². The maximum absolute atomic E-state index is 15.3. The average Bonchev–Trinajstić information content (AvgIpc) is 3.18. The van der Waals surface area contributed by atoms with Gasteiger partial charge in [0.1, 0.15) is 0 Å². The van der Waals surface area contributed by atoms with Crippen molar-refractivity contribution >= 4 is 57.4 Å². The molecule has 8 rings (SSSR count). The normalized spacial score (nSPS) is 16.5. The van der Waals surface area contributed by atoms with Gasteiger partial charge in [0, 0.05) is 0 Å². The van der Waals surface area contributed by atoms with Gasteiger partial charge in [0.15, 0.2) is 0 Å². The van der Waals surface area contributed by atoms with Crippen molar-refractivity contribution in [2.24, 2.45) is 0 Å². The minimum absolute atomic E-state index is 0.00539. The third-order valence-electron chi connectivity index (χ3n) is 11.9. The molecule has 0 N–H and O–H groups in total. The summed E-state index contributed by atoms with van der Waals surface area (Å²) in [6.45, 7) is -8.30. The van der Waals surface area contributed by atoms with Crippen molar-refractivity contribution in [3.63, 3.8) is 0 Å². The first-order chi connectivity index (χ1) is 25.5. The molecule has 0 atom stereocenters. The predicted octanol–water partition coefficient (Wildman–Crippen LogP) is 8.07. The fourth-order valence-corrected chi connectivity index (χ4v) is 22.5. The summed E-state index contributed by atoms with van der Waals surface area (Å²) < 4.78 is 14.6. The van der Waals surface area contributed by atoms with Gasteiger partial charge in [0.25, 0.3) is 0 Å². The quantitative estimate of drug-likeness (QED) is 0.106. The molecular formula is C46H44O4P2. The number of hydrogen-bond acceptors (Lipinski definition) is 4. The first-order valence-corrected chi connectivity index (χ1v) is 22.8. The predicted molar refractivity (Wildman–Crippen MR) is 218 cm³/mol. The number of carbonyl (C=O) groups excluding carboxylic acids is 2. The molecule has 0 aromatic heterocycles. The first-order valence-electron chi connectivity index (χ1n) is 18.4. The van der Waals surface area contributed by atoms with Crippen LogP contribution in [0.15, 0.2) is 182 Å². The summed E-state index contributed by atoms with van der Waals surface area (Å²) in [7, 11) is 0. The zero-order valence-corrected chi connectivity index (χ0v) is 31.0. The van der Waals surface area contributed by atoms with Gasteiger partial charge < -0.3 is 0 Å². The molecule has 0 saturated heterocycles. The third-order valence-corrected chi connectivity index (χ3v) is 24.7. The van der Waals surface area contributed by atoms with Crippen LogP contribution in [0.4, 0.5) is 0 Å². The number of benzene rings is 6. The van der Waals surface area contributed by atoms with Crippen LogP contribution in [-0.4, -0.2) is 23.3 Å². The van der Waals surface area contributed by atoms with E-state index in [9.17, 15) is 0 Å². The number of rotatable bonds is 10. The molecule has 6 heteroatoms. The van der Waals surface area contributed by atoms with Crippen molar-refractivity contribution in [2.75, 3.05) is 0 Å². The molecule has 0 spiro atoms. The van der Waals surface area contributed by atoms with Gasteiger partial charge in [-0.15, -0.1) is 0 Å². The Hall–Kier alpha value is -4.88. The molecule has 0 radical (unpaired) electrons. The van der Waals surface area contributed by atoms with E-state index in [0.717, 1.165) is 70.4 Å². The standard InChI is InChI=1S/C46H44O4P2/c47-45(49-51(43-33-19-34-43,37-21-7-1-8-22-37,38-23-9-2-10-24-38)39-25-11-3-12-26-39)46(48)50-52(44-35-20-36-44,40-27-13-4-14-28-40,41-29-15-5-16-30-41)42-31-17-6-18-32-42/h1-18,21-32,43-44H,19-20,33-36H2. The van der Waals surface area contributed by atoms with Gasteiger partial charge in [-0.05, 0) is 0 Å². The van der Waals surface area contributed by atoms with Crippen LogP contribution in [0, 0.1) is 0 Å². The summed E-state index contributed by atoms with van der Waals surface area (Å²) in [6.07, 6.45) is 5.53. The molecule has 2 aliphatic rings. The minimum atomic E-state index is -4.15. The van der Waals surface area contributed by atoms with E-state index >= 15 is 9.59 Å². The van der Waals surface area contributed by atoms with E-state index in [1.807, 2.05) is 109 Å². The van der Waals surface area contributed by atoms with Crippen LogP contribution in [0.2, 0.25) is 0 Å². The van der Waals surface area contributed by atoms with E-state index < -0.39 is 25.6 Å². The first kappa shape index (κ1) is 34.2. The molecule has 4 nitrogen and oxygen atoms in total. The van der Waals surface area contributed by atoms with E-state index in [2.05, 4.69) is 72.8 Å². The molecule has 2 aliphatic carbocycles. The summed E-state index contributed by atoms with van der Waals surface area (Å²) >= 11 is 0. The van der Waals surface area contributed by atoms with Gasteiger partial charge in [-0.25, -0.2) is 0 Å². The Morgan fingerprint density at radius 1 is 0.346 bits per heavy atom. The van der Waals surface area contributed by atoms with Gasteiger partial charge in [0.05, 0.1) is 0 Å². The van der Waals surface area contributed by atoms with E-state index in [1.54, 1.807) is 0 Å². The molecule has 52 heavy (non-hydrogen) atoms. The maximum atomic E-state index is 15.3. The zero-order chi connectivity index (χ0) is 35.5. The van der Waals surface area contributed by atoms with Gasteiger partial charge in [0.2, 0.25) is 0 Å². The zero-order valence-electron chi connectivity index (χ0n) is 29.2. The average molecular weight is 723 g/mol. The molecule has 0 unspecified atom stereocenters. The van der Waals surface area contributed by atoms with Gasteiger partial charge in [-0.1, -0.05) is 0 Å². The molecule has 0 aliphatic heterocycles. The van der Waals surface area contributed by atoms with Crippen LogP contribution in [-0.2, 0) is 18.6 Å². The Morgan fingerprint density at radius 2 is 0.538 bits per heavy atom. The van der Waals surface area contributed by atoms with Crippen molar-refractivity contribution in [1.82, 2.24) is 0 Å². The monoisotopic (exact) mass is 722 g/mol. The van der Waals surface area contributed by atoms with Gasteiger partial charge in [-0.2, -0.15) is 0 Å². The van der Waals surface area contributed by atoms with Crippen LogP contribution in [0.25, 0.3) is 0 Å². The second-order valence-electron chi connectivity index (χ2n) is 14.1. The molecule has 6 aromatic carbocycles. The van der Waals surface area contributed by atoms with Crippen molar-refractivity contribution in [3.05, 3.63) is 182 Å². The Balaban J connectivity index is 1.38. The summed E-state index contributed by atoms with van der Waals surface area (Å²) in [5.74, 6) is -1.89. The fraction of sp³-hybridized carbons (Fsp3) is 0.174. The van der Waals surface area contributed by atoms with Crippen LogP contribution in [0.1, 0.15) is 38.5 Å². The molecule has 6 aromatic rings. The van der Waals surface area contributed by atoms with E-state index in [1.165, 1.54) is 0 Å². The van der Waals surface area contributed by atoms with Crippen molar-refractivity contribution < 1.29 is 18.6 Å². The van der Waals surface area contributed by atoms with Crippen LogP contribution in [0.5, 0.6) is 0 Å². The topological polar surface area (TPSA) is 52.6 Å². The van der Waals surface area contributed by atoms with E-state index in [-0.39, 0.29) is 11.3 Å². The Bertz CT molecular complexity index is 1800. The summed E-state index contributed by atoms with van der Waals surface area (Å²) in [5.41, 5.74) is -0.0108. The van der Waals surface area contributed by atoms with Crippen LogP contribution < -0.4 is 31.8 Å². The SMILES string of the molecule is O=C(OP(c1ccccc1)(c1ccccc1)(c1ccccc1)C1CCC1)C(=O)OP(c1ccccc1)(c1ccccc1)(c1ccccc1)C1CCC1. The van der Waals surface area contributed by atoms with Crippen molar-refractivity contribution in [3.8, 4) is 0 Å². The van der Waals surface area contributed by atoms with Crippen LogP contribution >= 0.6 is 13.7 Å². The Labute approximate surface area is 306 Å². The van der Waals surface area contributed by atoms with Crippen molar-refractivity contribution in [2.45, 2.75) is 49.8 Å². The summed E-state index contributed by atoms with van der Waals surface area (Å²) in [4.78, 5) is 30.7. The number of carbonyl (C=O) groups is 2. The third kappa shape index (κ3) is 4.81. The van der Waals surface area contributed by atoms with Crippen LogP contribution in [0.3, 0.4) is 0 Å². The summed E-state index contributed by atoms with van der Waals surface area (Å²) in [6, 6.07) is 61.1. The fourth-order valence-electron chi connectivity index (χ4n) is 9.15. The molecular weight excluding hydrogens is 678 g/mol. The van der Waals surface area contributed by atoms with E-state index in [4.69, 9.17) is 9.05 Å². The Kier molecular flexibility index (Phi) is 8.94. The van der Waals surface area contributed by atoms with E-state index in [0.29, 0.717) is 0 Å². The second-order valence-corrected chi connectivity index (χ2v) is 23.5. The molecule has 2 fully saturated rings. The second kappa shape index (κ2) is 13.6. The molecule has 2 saturated carbocycles. The summed E-state index contributed by atoms with van der Waals surface area (Å²) in [5, 5.41) is 5.60. The molecule has 0 amide bonds. The van der Waals surface area contributed by atoms with Crippen molar-refractivity contribution in [1.29, 1.82) is 0 Å². The molecule has 262 valence electrons. The number of hydrogen-bond donors (Lipinski definition) is 0. The Morgan fingerprint density at radius 3 is 0.692 bits per heavy atom.